The predicted octanol–water partition coefficient (Wildman–Crippen LogP) is 4.75. The highest BCUT2D eigenvalue weighted by Gasteiger charge is 2.11. The molecule has 0 saturated heterocycles. The maximum atomic E-state index is 12.6. The van der Waals surface area contributed by atoms with Crippen molar-refractivity contribution in [3.05, 3.63) is 95.3 Å². The van der Waals surface area contributed by atoms with Crippen molar-refractivity contribution in [1.82, 2.24) is 9.97 Å². The summed E-state index contributed by atoms with van der Waals surface area (Å²) in [4.78, 5) is 33.7. The van der Waals surface area contributed by atoms with Crippen molar-refractivity contribution in [3.8, 4) is 0 Å². The minimum Gasteiger partial charge on any atom is -0.307 e. The highest BCUT2D eigenvalue weighted by Crippen LogP contribution is 2.20. The van der Waals surface area contributed by atoms with Gasteiger partial charge in [-0.05, 0) is 73.2 Å². The predicted molar refractivity (Wildman–Crippen MR) is 118 cm³/mol. The number of nitrogens with zero attached hydrogens (tertiary/aromatic N) is 2. The molecule has 0 atom stereocenters. The number of rotatable bonds is 4. The van der Waals surface area contributed by atoms with Crippen molar-refractivity contribution in [3.63, 3.8) is 0 Å². The van der Waals surface area contributed by atoms with E-state index in [1.54, 1.807) is 36.4 Å². The molecule has 148 valence electrons. The first-order chi connectivity index (χ1) is 14.5. The first-order valence-electron chi connectivity index (χ1n) is 9.52. The van der Waals surface area contributed by atoms with Crippen LogP contribution in [0.5, 0.6) is 0 Å². The first-order valence-corrected chi connectivity index (χ1v) is 9.52. The van der Waals surface area contributed by atoms with Gasteiger partial charge >= 0.3 is 0 Å². The summed E-state index contributed by atoms with van der Waals surface area (Å²) in [6, 6.07) is 21.6. The Morgan fingerprint density at radius 1 is 0.633 bits per heavy atom. The zero-order chi connectivity index (χ0) is 21.1. The lowest BCUT2D eigenvalue weighted by Crippen LogP contribution is -2.14. The lowest BCUT2D eigenvalue weighted by Gasteiger charge is -2.08. The Morgan fingerprint density at radius 2 is 1.07 bits per heavy atom. The van der Waals surface area contributed by atoms with Crippen molar-refractivity contribution in [2.24, 2.45) is 0 Å². The molecule has 30 heavy (non-hydrogen) atoms. The lowest BCUT2D eigenvalue weighted by atomic mass is 10.0. The largest absolute Gasteiger partial charge is 0.307 e. The number of aromatic nitrogens is 2. The monoisotopic (exact) mass is 396 g/mol. The van der Waals surface area contributed by atoms with Crippen LogP contribution in [0.4, 0.5) is 11.6 Å². The van der Waals surface area contributed by atoms with Gasteiger partial charge in [0.2, 0.25) is 0 Å². The summed E-state index contributed by atoms with van der Waals surface area (Å²) >= 11 is 0. The fourth-order valence-electron chi connectivity index (χ4n) is 3.13. The molecule has 2 heterocycles. The van der Waals surface area contributed by atoms with Gasteiger partial charge in [0, 0.05) is 22.5 Å². The molecule has 6 nitrogen and oxygen atoms in total. The molecular formula is C24H20N4O2. The van der Waals surface area contributed by atoms with Crippen LogP contribution in [-0.2, 0) is 0 Å². The molecule has 0 bridgehead atoms. The lowest BCUT2D eigenvalue weighted by molar-refractivity contribution is 0.101. The van der Waals surface area contributed by atoms with Crippen LogP contribution in [-0.4, -0.2) is 21.8 Å². The molecule has 4 aromatic rings. The number of fused-ring (bicyclic) bond motifs is 1. The van der Waals surface area contributed by atoms with Crippen LogP contribution in [0.25, 0.3) is 10.8 Å². The third kappa shape index (κ3) is 4.33. The second-order valence-corrected chi connectivity index (χ2v) is 7.01. The smallest absolute Gasteiger partial charge is 0.256 e. The number of amides is 2. The Balaban J connectivity index is 1.53. The number of nitrogens with one attached hydrogen (secondary N) is 2. The fourth-order valence-corrected chi connectivity index (χ4v) is 3.13. The molecule has 2 N–H and O–H groups in total. The maximum absolute atomic E-state index is 12.6. The molecule has 0 aliphatic heterocycles. The standard InChI is InChI=1S/C24H20N4O2/c1-15-5-3-7-21(25-15)27-23(29)19-11-9-18-14-20(12-10-17(18)13-19)24(30)28-22-8-4-6-16(2)26-22/h3-14H,1-2H3,(H,25,27,29)(H,26,28,30). The molecule has 6 heteroatoms. The number of aryl methyl sites for hydroxylation is 2. The minimum absolute atomic E-state index is 0.234. The van der Waals surface area contributed by atoms with Gasteiger partial charge in [0.15, 0.2) is 0 Å². The number of hydrogen-bond donors (Lipinski definition) is 2. The number of carbonyl (C=O) groups excluding carboxylic acids is 2. The highest BCUT2D eigenvalue weighted by atomic mass is 16.2. The normalized spacial score (nSPS) is 10.6. The summed E-state index contributed by atoms with van der Waals surface area (Å²) in [6.07, 6.45) is 0. The van der Waals surface area contributed by atoms with Crippen molar-refractivity contribution < 1.29 is 9.59 Å². The number of benzene rings is 2. The van der Waals surface area contributed by atoms with Crippen LogP contribution < -0.4 is 10.6 Å². The Morgan fingerprint density at radius 3 is 1.47 bits per heavy atom. The Labute approximate surface area is 174 Å². The zero-order valence-electron chi connectivity index (χ0n) is 16.6. The number of pyridine rings is 2. The van der Waals surface area contributed by atoms with Crippen LogP contribution in [0.3, 0.4) is 0 Å². The third-order valence-corrected chi connectivity index (χ3v) is 4.62. The van der Waals surface area contributed by atoms with Gasteiger partial charge in [-0.25, -0.2) is 9.97 Å². The Hall–Kier alpha value is -4.06. The number of hydrogen-bond acceptors (Lipinski definition) is 4. The van der Waals surface area contributed by atoms with Gasteiger partial charge < -0.3 is 10.6 Å². The van der Waals surface area contributed by atoms with Gasteiger partial charge in [-0.2, -0.15) is 0 Å². The van der Waals surface area contributed by atoms with E-state index in [4.69, 9.17) is 0 Å². The van der Waals surface area contributed by atoms with Crippen molar-refractivity contribution in [1.29, 1.82) is 0 Å². The summed E-state index contributed by atoms with van der Waals surface area (Å²) in [5.74, 6) is 0.554. The maximum Gasteiger partial charge on any atom is 0.256 e. The van der Waals surface area contributed by atoms with E-state index in [0.29, 0.717) is 22.8 Å². The second-order valence-electron chi connectivity index (χ2n) is 7.01. The molecule has 0 aliphatic carbocycles. The van der Waals surface area contributed by atoms with Crippen LogP contribution in [0.15, 0.2) is 72.8 Å². The van der Waals surface area contributed by atoms with Crippen LogP contribution >= 0.6 is 0 Å². The van der Waals surface area contributed by atoms with Gasteiger partial charge in [-0.1, -0.05) is 24.3 Å². The third-order valence-electron chi connectivity index (χ3n) is 4.62. The van der Waals surface area contributed by atoms with Gasteiger partial charge in [-0.15, -0.1) is 0 Å². The Kier molecular flexibility index (Phi) is 5.22. The quantitative estimate of drug-likeness (QED) is 0.521. The zero-order valence-corrected chi connectivity index (χ0v) is 16.6. The average Bonchev–Trinajstić information content (AvgIpc) is 2.73. The molecule has 0 unspecified atom stereocenters. The van der Waals surface area contributed by atoms with E-state index in [0.717, 1.165) is 22.2 Å². The van der Waals surface area contributed by atoms with Crippen LogP contribution in [0.2, 0.25) is 0 Å². The van der Waals surface area contributed by atoms with E-state index in [-0.39, 0.29) is 11.8 Å². The SMILES string of the molecule is Cc1cccc(NC(=O)c2ccc3cc(C(=O)Nc4cccc(C)n4)ccc3c2)n1. The molecule has 0 aliphatic rings. The van der Waals surface area contributed by atoms with Crippen molar-refractivity contribution in [2.45, 2.75) is 13.8 Å². The van der Waals surface area contributed by atoms with Crippen LogP contribution in [0.1, 0.15) is 32.1 Å². The summed E-state index contributed by atoms with van der Waals surface area (Å²) in [6.45, 7) is 3.74. The van der Waals surface area contributed by atoms with Crippen LogP contribution in [0, 0.1) is 13.8 Å². The van der Waals surface area contributed by atoms with E-state index >= 15 is 0 Å². The van der Waals surface area contributed by atoms with E-state index in [2.05, 4.69) is 20.6 Å². The Bertz CT molecular complexity index is 1170. The molecule has 0 spiro atoms. The van der Waals surface area contributed by atoms with E-state index < -0.39 is 0 Å². The summed E-state index contributed by atoms with van der Waals surface area (Å²) < 4.78 is 0. The van der Waals surface area contributed by atoms with Gasteiger partial charge in [-0.3, -0.25) is 9.59 Å². The number of carbonyl (C=O) groups is 2. The van der Waals surface area contributed by atoms with E-state index in [1.807, 2.05) is 50.2 Å². The number of anilines is 2. The molecular weight excluding hydrogens is 376 g/mol. The van der Waals surface area contributed by atoms with Gasteiger partial charge in [0.1, 0.15) is 11.6 Å². The molecule has 2 aromatic heterocycles. The topological polar surface area (TPSA) is 84.0 Å². The van der Waals surface area contributed by atoms with Crippen molar-refractivity contribution in [2.75, 3.05) is 10.6 Å². The highest BCUT2D eigenvalue weighted by molar-refractivity contribution is 6.08. The van der Waals surface area contributed by atoms with Gasteiger partial charge in [0.25, 0.3) is 11.8 Å². The summed E-state index contributed by atoms with van der Waals surface area (Å²) in [5.41, 5.74) is 2.70. The van der Waals surface area contributed by atoms with Crippen molar-refractivity contribution >= 4 is 34.2 Å². The van der Waals surface area contributed by atoms with E-state index in [9.17, 15) is 9.59 Å². The van der Waals surface area contributed by atoms with E-state index in [1.165, 1.54) is 0 Å². The fraction of sp³-hybridized carbons (Fsp3) is 0.0833. The average molecular weight is 396 g/mol. The summed E-state index contributed by atoms with van der Waals surface area (Å²) in [5, 5.41) is 7.34. The molecule has 4 rings (SSSR count). The molecule has 0 saturated carbocycles. The summed E-state index contributed by atoms with van der Waals surface area (Å²) in [7, 11) is 0. The molecule has 2 aromatic carbocycles. The first kappa shape index (κ1) is 19.3. The second kappa shape index (κ2) is 8.13. The van der Waals surface area contributed by atoms with Gasteiger partial charge in [0.05, 0.1) is 0 Å². The molecule has 0 fully saturated rings. The molecule has 2 amide bonds. The molecule has 0 radical (unpaired) electrons. The minimum atomic E-state index is -0.234.